The van der Waals surface area contributed by atoms with Crippen molar-refractivity contribution in [2.24, 2.45) is 0 Å². The van der Waals surface area contributed by atoms with Crippen molar-refractivity contribution in [1.29, 1.82) is 0 Å². The molecule has 3 atom stereocenters. The van der Waals surface area contributed by atoms with Crippen molar-refractivity contribution >= 4 is 11.6 Å². The van der Waals surface area contributed by atoms with Gasteiger partial charge in [0.2, 0.25) is 0 Å². The Morgan fingerprint density at radius 3 is 2.71 bits per heavy atom. The van der Waals surface area contributed by atoms with Gasteiger partial charge in [-0.2, -0.15) is 0 Å². The van der Waals surface area contributed by atoms with E-state index in [1.807, 2.05) is 13.8 Å². The van der Waals surface area contributed by atoms with E-state index in [1.165, 1.54) is 18.4 Å². The van der Waals surface area contributed by atoms with E-state index in [4.69, 9.17) is 16.0 Å². The van der Waals surface area contributed by atoms with Crippen LogP contribution >= 0.6 is 11.6 Å². The third-order valence-corrected chi connectivity index (χ3v) is 3.74. The Bertz CT molecular complexity index is 574. The van der Waals surface area contributed by atoms with E-state index < -0.39 is 6.10 Å². The minimum atomic E-state index is -0.654. The molecule has 3 unspecified atom stereocenters. The van der Waals surface area contributed by atoms with Gasteiger partial charge in [-0.3, -0.25) is 0 Å². The predicted molar refractivity (Wildman–Crippen MR) is 80.7 cm³/mol. The Kier molecular flexibility index (Phi) is 5.39. The first-order valence-electron chi connectivity index (χ1n) is 6.90. The minimum Gasteiger partial charge on any atom is -0.467 e. The van der Waals surface area contributed by atoms with Crippen LogP contribution < -0.4 is 5.32 Å². The first-order chi connectivity index (χ1) is 9.97. The van der Waals surface area contributed by atoms with Gasteiger partial charge in [0.05, 0.1) is 6.26 Å². The van der Waals surface area contributed by atoms with Crippen LogP contribution in [-0.2, 0) is 0 Å². The van der Waals surface area contributed by atoms with Crippen LogP contribution in [0, 0.1) is 5.82 Å². The Morgan fingerprint density at radius 2 is 2.10 bits per heavy atom. The lowest BCUT2D eigenvalue weighted by Crippen LogP contribution is -2.30. The molecule has 2 N–H and O–H groups in total. The number of halogens is 2. The molecule has 0 bridgehead atoms. The largest absolute Gasteiger partial charge is 0.467 e. The van der Waals surface area contributed by atoms with Gasteiger partial charge in [-0.25, -0.2) is 4.39 Å². The Labute approximate surface area is 128 Å². The van der Waals surface area contributed by atoms with Crippen molar-refractivity contribution in [3.8, 4) is 0 Å². The molecular weight excluding hydrogens is 293 g/mol. The number of furan rings is 1. The van der Waals surface area contributed by atoms with Gasteiger partial charge in [0.15, 0.2) is 0 Å². The highest BCUT2D eigenvalue weighted by Gasteiger charge is 2.18. The third-order valence-electron chi connectivity index (χ3n) is 3.41. The van der Waals surface area contributed by atoms with Gasteiger partial charge in [-0.05, 0) is 50.1 Å². The summed E-state index contributed by atoms with van der Waals surface area (Å²) in [6.45, 7) is 3.93. The fourth-order valence-corrected chi connectivity index (χ4v) is 2.70. The normalized spacial score (nSPS) is 15.7. The quantitative estimate of drug-likeness (QED) is 0.839. The molecule has 0 spiro atoms. The van der Waals surface area contributed by atoms with E-state index in [2.05, 4.69) is 5.32 Å². The molecule has 5 heteroatoms. The minimum absolute atomic E-state index is 0.0428. The first kappa shape index (κ1) is 16.0. The monoisotopic (exact) mass is 311 g/mol. The van der Waals surface area contributed by atoms with Crippen LogP contribution in [0.15, 0.2) is 41.0 Å². The van der Waals surface area contributed by atoms with Crippen molar-refractivity contribution in [2.75, 3.05) is 0 Å². The van der Waals surface area contributed by atoms with Gasteiger partial charge in [-0.15, -0.1) is 0 Å². The maximum Gasteiger partial charge on any atom is 0.132 e. The molecule has 1 heterocycles. The fraction of sp³-hybridized carbons (Fsp3) is 0.375. The summed E-state index contributed by atoms with van der Waals surface area (Å²) in [4.78, 5) is 0. The predicted octanol–water partition coefficient (Wildman–Crippen LogP) is 4.23. The lowest BCUT2D eigenvalue weighted by molar-refractivity contribution is 0.127. The summed E-state index contributed by atoms with van der Waals surface area (Å²) in [6.07, 6.45) is 1.40. The average molecular weight is 312 g/mol. The van der Waals surface area contributed by atoms with Crippen molar-refractivity contribution < 1.29 is 13.9 Å². The molecule has 0 aliphatic carbocycles. The van der Waals surface area contributed by atoms with Crippen LogP contribution in [0.3, 0.4) is 0 Å². The Balaban J connectivity index is 1.94. The summed E-state index contributed by atoms with van der Waals surface area (Å²) in [5.41, 5.74) is 0.831. The smallest absolute Gasteiger partial charge is 0.132 e. The summed E-state index contributed by atoms with van der Waals surface area (Å²) in [7, 11) is 0. The van der Waals surface area contributed by atoms with E-state index in [0.29, 0.717) is 17.2 Å². The van der Waals surface area contributed by atoms with Crippen LogP contribution in [0.1, 0.15) is 43.7 Å². The maximum absolute atomic E-state index is 13.1. The number of benzene rings is 1. The SMILES string of the molecule is CC(CC(O)c1ccco1)NC(C)c1ccc(F)cc1Cl. The fourth-order valence-electron chi connectivity index (χ4n) is 2.37. The van der Waals surface area contributed by atoms with E-state index in [0.717, 1.165) is 5.56 Å². The molecule has 2 aromatic rings. The number of hydrogen-bond donors (Lipinski definition) is 2. The molecule has 0 saturated carbocycles. The summed E-state index contributed by atoms with van der Waals surface area (Å²) in [5.74, 6) is 0.202. The highest BCUT2D eigenvalue weighted by atomic mass is 35.5. The zero-order valence-electron chi connectivity index (χ0n) is 12.0. The van der Waals surface area contributed by atoms with Gasteiger partial charge in [0.1, 0.15) is 17.7 Å². The highest BCUT2D eigenvalue weighted by Crippen LogP contribution is 2.25. The van der Waals surface area contributed by atoms with Crippen molar-refractivity contribution in [3.05, 3.63) is 58.8 Å². The second-order valence-electron chi connectivity index (χ2n) is 5.22. The summed E-state index contributed by atoms with van der Waals surface area (Å²) in [6, 6.07) is 7.86. The lowest BCUT2D eigenvalue weighted by Gasteiger charge is -2.22. The zero-order valence-corrected chi connectivity index (χ0v) is 12.8. The second kappa shape index (κ2) is 7.07. The number of aliphatic hydroxyl groups excluding tert-OH is 1. The maximum atomic E-state index is 13.1. The third kappa shape index (κ3) is 4.30. The number of hydrogen-bond acceptors (Lipinski definition) is 3. The van der Waals surface area contributed by atoms with Crippen molar-refractivity contribution in [1.82, 2.24) is 5.32 Å². The number of nitrogens with one attached hydrogen (secondary N) is 1. The molecule has 114 valence electrons. The van der Waals surface area contributed by atoms with Gasteiger partial charge in [0, 0.05) is 17.1 Å². The second-order valence-corrected chi connectivity index (χ2v) is 5.63. The van der Waals surface area contributed by atoms with Gasteiger partial charge < -0.3 is 14.8 Å². The van der Waals surface area contributed by atoms with E-state index >= 15 is 0 Å². The molecule has 3 nitrogen and oxygen atoms in total. The zero-order chi connectivity index (χ0) is 15.4. The molecule has 0 saturated heterocycles. The topological polar surface area (TPSA) is 45.4 Å². The Morgan fingerprint density at radius 1 is 1.33 bits per heavy atom. The van der Waals surface area contributed by atoms with E-state index in [-0.39, 0.29) is 17.9 Å². The van der Waals surface area contributed by atoms with E-state index in [1.54, 1.807) is 18.2 Å². The van der Waals surface area contributed by atoms with Gasteiger partial charge >= 0.3 is 0 Å². The number of aliphatic hydroxyl groups is 1. The summed E-state index contributed by atoms with van der Waals surface area (Å²) >= 11 is 6.05. The van der Waals surface area contributed by atoms with Gasteiger partial charge in [-0.1, -0.05) is 17.7 Å². The molecule has 0 amide bonds. The molecule has 0 fully saturated rings. The van der Waals surface area contributed by atoms with Crippen LogP contribution in [0.5, 0.6) is 0 Å². The molecule has 1 aromatic carbocycles. The van der Waals surface area contributed by atoms with Crippen molar-refractivity contribution in [2.45, 2.75) is 38.5 Å². The average Bonchev–Trinajstić information content (AvgIpc) is 2.91. The van der Waals surface area contributed by atoms with Crippen LogP contribution in [0.4, 0.5) is 4.39 Å². The highest BCUT2D eigenvalue weighted by molar-refractivity contribution is 6.31. The molecular formula is C16H19ClFNO2. The van der Waals surface area contributed by atoms with Crippen LogP contribution in [0.25, 0.3) is 0 Å². The van der Waals surface area contributed by atoms with Crippen LogP contribution in [0.2, 0.25) is 5.02 Å². The van der Waals surface area contributed by atoms with Crippen LogP contribution in [-0.4, -0.2) is 11.1 Å². The Hall–Kier alpha value is -1.36. The number of rotatable bonds is 6. The van der Waals surface area contributed by atoms with E-state index in [9.17, 15) is 9.50 Å². The standard InChI is InChI=1S/C16H19ClFNO2/c1-10(8-15(20)16-4-3-7-21-16)19-11(2)13-6-5-12(18)9-14(13)17/h3-7,9-11,15,19-20H,8H2,1-2H3. The van der Waals surface area contributed by atoms with Gasteiger partial charge in [0.25, 0.3) is 0 Å². The molecule has 1 aromatic heterocycles. The molecule has 2 rings (SSSR count). The summed E-state index contributed by atoms with van der Waals surface area (Å²) in [5, 5.41) is 13.8. The molecule has 0 aliphatic rings. The first-order valence-corrected chi connectivity index (χ1v) is 7.27. The molecule has 21 heavy (non-hydrogen) atoms. The molecule has 0 aliphatic heterocycles. The molecule has 0 radical (unpaired) electrons. The van der Waals surface area contributed by atoms with Crippen molar-refractivity contribution in [3.63, 3.8) is 0 Å². The summed E-state index contributed by atoms with van der Waals surface area (Å²) < 4.78 is 18.2. The lowest BCUT2D eigenvalue weighted by atomic mass is 10.0.